The minimum absolute atomic E-state index is 1.15. The molecule has 0 fully saturated rings. The fourth-order valence-corrected chi connectivity index (χ4v) is 10.4. The molecule has 2 nitrogen and oxygen atoms in total. The molecule has 0 amide bonds. The molecular weight excluding hydrogens is 821 g/mol. The van der Waals surface area contributed by atoms with Crippen molar-refractivity contribution < 1.29 is 0 Å². The summed E-state index contributed by atoms with van der Waals surface area (Å²) >= 11 is 0. The van der Waals surface area contributed by atoms with E-state index in [2.05, 4.69) is 276 Å². The minimum Gasteiger partial charge on any atom is -0.309 e. The Bertz CT molecular complexity index is 3790. The van der Waals surface area contributed by atoms with E-state index in [9.17, 15) is 0 Å². The molecular formula is C66H44N2. The topological polar surface area (TPSA) is 9.86 Å². The lowest BCUT2D eigenvalue weighted by atomic mass is 9.91. The fourth-order valence-electron chi connectivity index (χ4n) is 10.4. The maximum Gasteiger partial charge on any atom is 0.0541 e. The molecule has 0 N–H and O–H groups in total. The normalized spacial score (nSPS) is 11.5. The van der Waals surface area contributed by atoms with Crippen molar-refractivity contribution in [2.75, 3.05) is 0 Å². The van der Waals surface area contributed by atoms with Crippen LogP contribution < -0.4 is 0 Å². The van der Waals surface area contributed by atoms with Crippen LogP contribution in [-0.2, 0) is 0 Å². The van der Waals surface area contributed by atoms with Crippen LogP contribution >= 0.6 is 0 Å². The number of para-hydroxylation sites is 2. The third kappa shape index (κ3) is 6.90. The molecule has 0 aliphatic heterocycles. The Balaban J connectivity index is 0.983. The summed E-state index contributed by atoms with van der Waals surface area (Å²) in [7, 11) is 0. The predicted octanol–water partition coefficient (Wildman–Crippen LogP) is 17.9. The molecule has 0 atom stereocenters. The molecule has 2 heteroatoms. The molecule has 0 spiro atoms. The molecule has 11 aromatic carbocycles. The molecule has 318 valence electrons. The zero-order valence-electron chi connectivity index (χ0n) is 37.3. The Morgan fingerprint density at radius 3 is 0.882 bits per heavy atom. The Morgan fingerprint density at radius 2 is 0.456 bits per heavy atom. The molecule has 2 aromatic heterocycles. The molecule has 13 aromatic rings. The van der Waals surface area contributed by atoms with Gasteiger partial charge in [0.05, 0.1) is 22.1 Å². The first-order valence-electron chi connectivity index (χ1n) is 23.4. The quantitative estimate of drug-likeness (QED) is 0.144. The summed E-state index contributed by atoms with van der Waals surface area (Å²) in [4.78, 5) is 0. The van der Waals surface area contributed by atoms with Crippen LogP contribution in [0.2, 0.25) is 0 Å². The highest BCUT2D eigenvalue weighted by molar-refractivity contribution is 6.12. The molecule has 0 aliphatic rings. The minimum atomic E-state index is 1.15. The van der Waals surface area contributed by atoms with Crippen molar-refractivity contribution in [2.24, 2.45) is 0 Å². The number of hydrogen-bond acceptors (Lipinski definition) is 0. The van der Waals surface area contributed by atoms with E-state index in [4.69, 9.17) is 0 Å². The number of hydrogen-bond donors (Lipinski definition) is 0. The number of rotatable bonds is 8. The first-order chi connectivity index (χ1) is 33.7. The Morgan fingerprint density at radius 1 is 0.162 bits per heavy atom. The van der Waals surface area contributed by atoms with E-state index < -0.39 is 0 Å². The van der Waals surface area contributed by atoms with Crippen LogP contribution in [0.3, 0.4) is 0 Å². The molecule has 0 bridgehead atoms. The first-order valence-corrected chi connectivity index (χ1v) is 23.4. The van der Waals surface area contributed by atoms with Crippen molar-refractivity contribution in [1.29, 1.82) is 0 Å². The number of nitrogens with zero attached hydrogens (tertiary/aromatic N) is 2. The Labute approximate surface area is 395 Å². The van der Waals surface area contributed by atoms with Gasteiger partial charge in [0.25, 0.3) is 0 Å². The van der Waals surface area contributed by atoms with Crippen LogP contribution in [0.5, 0.6) is 0 Å². The monoisotopic (exact) mass is 864 g/mol. The van der Waals surface area contributed by atoms with Gasteiger partial charge >= 0.3 is 0 Å². The zero-order chi connectivity index (χ0) is 45.0. The third-order valence-corrected chi connectivity index (χ3v) is 13.7. The Kier molecular flexibility index (Phi) is 9.54. The van der Waals surface area contributed by atoms with Crippen molar-refractivity contribution in [3.8, 4) is 78.1 Å². The van der Waals surface area contributed by atoms with Gasteiger partial charge in [0.2, 0.25) is 0 Å². The number of aromatic nitrogens is 2. The van der Waals surface area contributed by atoms with Crippen LogP contribution in [0.1, 0.15) is 0 Å². The molecule has 68 heavy (non-hydrogen) atoms. The van der Waals surface area contributed by atoms with E-state index in [0.29, 0.717) is 0 Å². The van der Waals surface area contributed by atoms with Gasteiger partial charge in [-0.3, -0.25) is 0 Å². The summed E-state index contributed by atoms with van der Waals surface area (Å²) in [5, 5.41) is 4.92. The standard InChI is InChI=1S/C66H44N2/c1-4-17-45(18-5-1)48-23-14-24-49(37-48)54-38-55(52-33-35-65-61(43-52)59-29-10-12-31-63(59)67(65)57-27-15-25-50(41-57)46-19-6-2-7-20-46)40-56(39-54)53-34-36-66-62(44-53)60-30-11-13-32-64(60)68(66)58-28-16-26-51(42-58)47-21-8-3-9-22-47/h1-44H. The van der Waals surface area contributed by atoms with E-state index in [0.717, 1.165) is 11.4 Å². The van der Waals surface area contributed by atoms with Gasteiger partial charge in [-0.05, 0) is 152 Å². The second-order valence-electron chi connectivity index (χ2n) is 17.7. The van der Waals surface area contributed by atoms with Crippen LogP contribution in [0, 0.1) is 0 Å². The van der Waals surface area contributed by atoms with E-state index in [-0.39, 0.29) is 0 Å². The van der Waals surface area contributed by atoms with Crippen molar-refractivity contribution in [3.63, 3.8) is 0 Å². The van der Waals surface area contributed by atoms with Gasteiger partial charge < -0.3 is 9.13 Å². The van der Waals surface area contributed by atoms with Crippen molar-refractivity contribution in [1.82, 2.24) is 9.13 Å². The SMILES string of the molecule is c1ccc(-c2cccc(-c3cc(-c4ccc5c(c4)c4ccccc4n5-c4cccc(-c5ccccc5)c4)cc(-c4ccc5c(c4)c4ccccc4n5-c4cccc(-c5ccccc5)c4)c3)c2)cc1. The molecule has 0 aliphatic carbocycles. The summed E-state index contributed by atoms with van der Waals surface area (Å²) in [6, 6.07) is 97.6. The van der Waals surface area contributed by atoms with Crippen LogP contribution in [0.15, 0.2) is 267 Å². The highest BCUT2D eigenvalue weighted by Crippen LogP contribution is 2.41. The number of fused-ring (bicyclic) bond motifs is 6. The van der Waals surface area contributed by atoms with Gasteiger partial charge in [0.15, 0.2) is 0 Å². The molecule has 13 rings (SSSR count). The highest BCUT2D eigenvalue weighted by atomic mass is 15.0. The smallest absolute Gasteiger partial charge is 0.0541 e. The third-order valence-electron chi connectivity index (χ3n) is 13.7. The lowest BCUT2D eigenvalue weighted by molar-refractivity contribution is 1.18. The van der Waals surface area contributed by atoms with Crippen molar-refractivity contribution >= 4 is 43.6 Å². The average molecular weight is 865 g/mol. The second kappa shape index (κ2) is 16.5. The van der Waals surface area contributed by atoms with Gasteiger partial charge in [-0.25, -0.2) is 0 Å². The molecule has 0 radical (unpaired) electrons. The van der Waals surface area contributed by atoms with Crippen LogP contribution in [0.4, 0.5) is 0 Å². The lowest BCUT2D eigenvalue weighted by Gasteiger charge is -2.14. The summed E-state index contributed by atoms with van der Waals surface area (Å²) in [5.41, 5.74) is 21.3. The fraction of sp³-hybridized carbons (Fsp3) is 0. The maximum absolute atomic E-state index is 2.42. The Hall–Kier alpha value is -8.98. The lowest BCUT2D eigenvalue weighted by Crippen LogP contribution is -1.94. The van der Waals surface area contributed by atoms with Gasteiger partial charge in [0, 0.05) is 32.9 Å². The predicted molar refractivity (Wildman–Crippen MR) is 288 cm³/mol. The van der Waals surface area contributed by atoms with Gasteiger partial charge in [0.1, 0.15) is 0 Å². The van der Waals surface area contributed by atoms with Gasteiger partial charge in [-0.2, -0.15) is 0 Å². The summed E-state index contributed by atoms with van der Waals surface area (Å²) in [6.45, 7) is 0. The summed E-state index contributed by atoms with van der Waals surface area (Å²) < 4.78 is 4.84. The second-order valence-corrected chi connectivity index (χ2v) is 17.7. The molecule has 0 saturated heterocycles. The van der Waals surface area contributed by atoms with E-state index >= 15 is 0 Å². The van der Waals surface area contributed by atoms with E-state index in [1.54, 1.807) is 0 Å². The average Bonchev–Trinajstić information content (AvgIpc) is 3.94. The maximum atomic E-state index is 2.42. The summed E-state index contributed by atoms with van der Waals surface area (Å²) in [6.07, 6.45) is 0. The van der Waals surface area contributed by atoms with Crippen LogP contribution in [0.25, 0.3) is 122 Å². The van der Waals surface area contributed by atoms with Crippen molar-refractivity contribution in [2.45, 2.75) is 0 Å². The number of benzene rings is 11. The highest BCUT2D eigenvalue weighted by Gasteiger charge is 2.18. The van der Waals surface area contributed by atoms with Crippen molar-refractivity contribution in [3.05, 3.63) is 267 Å². The molecule has 0 saturated carbocycles. The van der Waals surface area contributed by atoms with Crippen LogP contribution in [-0.4, -0.2) is 9.13 Å². The zero-order valence-corrected chi connectivity index (χ0v) is 37.3. The molecule has 0 unspecified atom stereocenters. The van der Waals surface area contributed by atoms with Gasteiger partial charge in [-0.1, -0.05) is 182 Å². The van der Waals surface area contributed by atoms with E-state index in [1.807, 2.05) is 0 Å². The largest absolute Gasteiger partial charge is 0.309 e. The van der Waals surface area contributed by atoms with E-state index in [1.165, 1.54) is 110 Å². The first kappa shape index (κ1) is 39.4. The van der Waals surface area contributed by atoms with Gasteiger partial charge in [-0.15, -0.1) is 0 Å². The summed E-state index contributed by atoms with van der Waals surface area (Å²) in [5.74, 6) is 0. The molecule has 2 heterocycles.